The van der Waals surface area contributed by atoms with Gasteiger partial charge in [-0.05, 0) is 37.7 Å². The molecule has 2 heterocycles. The van der Waals surface area contributed by atoms with Crippen molar-refractivity contribution in [1.29, 1.82) is 0 Å². The first-order valence-corrected chi connectivity index (χ1v) is 8.33. The first kappa shape index (κ1) is 15.8. The summed E-state index contributed by atoms with van der Waals surface area (Å²) in [5.74, 6) is 1.33. The molecular weight excluding hydrogens is 292 g/mol. The second kappa shape index (κ2) is 6.93. The summed E-state index contributed by atoms with van der Waals surface area (Å²) in [6.07, 6.45) is 2.05. The van der Waals surface area contributed by atoms with Crippen molar-refractivity contribution in [3.8, 4) is 0 Å². The lowest BCUT2D eigenvalue weighted by molar-refractivity contribution is 0.398. The Morgan fingerprint density at radius 1 is 1.24 bits per heavy atom. The van der Waals surface area contributed by atoms with Gasteiger partial charge in [0.15, 0.2) is 0 Å². The van der Waals surface area contributed by atoms with Crippen LogP contribution in [0, 0.1) is 0 Å². The molecule has 2 N–H and O–H groups in total. The van der Waals surface area contributed by atoms with Crippen LogP contribution in [0.3, 0.4) is 0 Å². The van der Waals surface area contributed by atoms with Crippen molar-refractivity contribution in [3.05, 3.63) is 42.0 Å². The number of sulfonamides is 1. The Balaban J connectivity index is 1.98. The van der Waals surface area contributed by atoms with Crippen LogP contribution in [0.5, 0.6) is 0 Å². The molecule has 2 aromatic heterocycles. The van der Waals surface area contributed by atoms with E-state index in [9.17, 15) is 8.42 Å². The van der Waals surface area contributed by atoms with Gasteiger partial charge >= 0.3 is 0 Å². The van der Waals surface area contributed by atoms with Gasteiger partial charge in [-0.3, -0.25) is 0 Å². The molecule has 0 bridgehead atoms. The third-order valence-corrected chi connectivity index (χ3v) is 4.36. The summed E-state index contributed by atoms with van der Waals surface area (Å²) < 4.78 is 37.5. The Hall–Kier alpha value is -1.57. The van der Waals surface area contributed by atoms with Crippen LogP contribution in [0.15, 0.2) is 44.5 Å². The van der Waals surface area contributed by atoms with Crippen LogP contribution in [-0.2, 0) is 23.0 Å². The maximum absolute atomic E-state index is 12.2. The third kappa shape index (κ3) is 4.45. The molecule has 2 aromatic rings. The van der Waals surface area contributed by atoms with E-state index >= 15 is 0 Å². The van der Waals surface area contributed by atoms with Gasteiger partial charge in [-0.25, -0.2) is 13.1 Å². The van der Waals surface area contributed by atoms with E-state index < -0.39 is 10.0 Å². The lowest BCUT2D eigenvalue weighted by atomic mass is 10.2. The number of rotatable bonds is 8. The van der Waals surface area contributed by atoms with E-state index in [4.69, 9.17) is 8.83 Å². The van der Waals surface area contributed by atoms with Crippen LogP contribution < -0.4 is 10.0 Å². The van der Waals surface area contributed by atoms with E-state index in [1.807, 2.05) is 13.0 Å². The first-order valence-electron chi connectivity index (χ1n) is 6.85. The van der Waals surface area contributed by atoms with Gasteiger partial charge in [0, 0.05) is 12.5 Å². The largest absolute Gasteiger partial charge is 0.469 e. The summed E-state index contributed by atoms with van der Waals surface area (Å²) in [5, 5.41) is 3.01. The lowest BCUT2D eigenvalue weighted by Crippen LogP contribution is -2.33. The SMILES string of the molecule is CCNCc1ccc(S(=O)(=O)NC(C)Cc2ccco2)o1. The molecule has 0 aliphatic carbocycles. The number of hydrogen-bond donors (Lipinski definition) is 2. The van der Waals surface area contributed by atoms with Crippen LogP contribution in [0.25, 0.3) is 0 Å². The van der Waals surface area contributed by atoms with E-state index in [0.29, 0.717) is 18.7 Å². The summed E-state index contributed by atoms with van der Waals surface area (Å²) in [6.45, 7) is 5.05. The topological polar surface area (TPSA) is 84.5 Å². The minimum absolute atomic E-state index is 0.0679. The van der Waals surface area contributed by atoms with Crippen LogP contribution in [0.1, 0.15) is 25.4 Å². The van der Waals surface area contributed by atoms with E-state index in [0.717, 1.165) is 12.3 Å². The van der Waals surface area contributed by atoms with E-state index in [-0.39, 0.29) is 11.1 Å². The average molecular weight is 312 g/mol. The number of furan rings is 2. The van der Waals surface area contributed by atoms with Crippen LogP contribution in [0.4, 0.5) is 0 Å². The van der Waals surface area contributed by atoms with E-state index in [1.54, 1.807) is 25.3 Å². The zero-order valence-electron chi connectivity index (χ0n) is 12.1. The molecule has 21 heavy (non-hydrogen) atoms. The first-order chi connectivity index (χ1) is 10.0. The predicted molar refractivity (Wildman–Crippen MR) is 78.3 cm³/mol. The lowest BCUT2D eigenvalue weighted by Gasteiger charge is -2.11. The van der Waals surface area contributed by atoms with Crippen molar-refractivity contribution in [2.45, 2.75) is 37.9 Å². The van der Waals surface area contributed by atoms with Crippen LogP contribution in [0.2, 0.25) is 0 Å². The van der Waals surface area contributed by atoms with Gasteiger partial charge in [0.1, 0.15) is 11.5 Å². The van der Waals surface area contributed by atoms with E-state index in [2.05, 4.69) is 10.0 Å². The van der Waals surface area contributed by atoms with Crippen molar-refractivity contribution in [2.24, 2.45) is 0 Å². The summed E-state index contributed by atoms with van der Waals surface area (Å²) in [4.78, 5) is 0. The molecule has 1 atom stereocenters. The Kier molecular flexibility index (Phi) is 5.22. The normalized spacial score (nSPS) is 13.4. The van der Waals surface area contributed by atoms with Gasteiger partial charge < -0.3 is 14.2 Å². The highest BCUT2D eigenvalue weighted by molar-refractivity contribution is 7.89. The van der Waals surface area contributed by atoms with Crippen molar-refractivity contribution in [1.82, 2.24) is 10.0 Å². The molecular formula is C14H20N2O4S. The van der Waals surface area contributed by atoms with Gasteiger partial charge in [0.25, 0.3) is 10.0 Å². The fourth-order valence-electron chi connectivity index (χ4n) is 1.94. The zero-order valence-corrected chi connectivity index (χ0v) is 12.9. The molecule has 6 nitrogen and oxygen atoms in total. The second-order valence-electron chi connectivity index (χ2n) is 4.81. The molecule has 0 radical (unpaired) electrons. The van der Waals surface area contributed by atoms with Gasteiger partial charge in [0.2, 0.25) is 5.09 Å². The summed E-state index contributed by atoms with van der Waals surface area (Å²) in [6, 6.07) is 6.43. The molecule has 2 rings (SSSR count). The van der Waals surface area contributed by atoms with Crippen LogP contribution in [-0.4, -0.2) is 21.0 Å². The summed E-state index contributed by atoms with van der Waals surface area (Å²) in [7, 11) is -3.65. The quantitative estimate of drug-likeness (QED) is 0.777. The molecule has 1 unspecified atom stereocenters. The molecule has 0 saturated heterocycles. The van der Waals surface area contributed by atoms with Gasteiger partial charge in [-0.1, -0.05) is 6.92 Å². The molecule has 116 valence electrons. The highest BCUT2D eigenvalue weighted by Gasteiger charge is 2.21. The minimum Gasteiger partial charge on any atom is -0.469 e. The Morgan fingerprint density at radius 3 is 2.71 bits per heavy atom. The van der Waals surface area contributed by atoms with Crippen molar-refractivity contribution in [3.63, 3.8) is 0 Å². The van der Waals surface area contributed by atoms with Crippen molar-refractivity contribution in [2.75, 3.05) is 6.54 Å². The van der Waals surface area contributed by atoms with Crippen molar-refractivity contribution >= 4 is 10.0 Å². The summed E-state index contributed by atoms with van der Waals surface area (Å²) in [5.41, 5.74) is 0. The molecule has 0 aromatic carbocycles. The molecule has 0 aliphatic heterocycles. The predicted octanol–water partition coefficient (Wildman–Crippen LogP) is 1.89. The van der Waals surface area contributed by atoms with Gasteiger partial charge in [-0.2, -0.15) is 0 Å². The Bertz CT molecular complexity index is 646. The summed E-state index contributed by atoms with van der Waals surface area (Å²) >= 11 is 0. The number of hydrogen-bond acceptors (Lipinski definition) is 5. The van der Waals surface area contributed by atoms with Gasteiger partial charge in [0.05, 0.1) is 12.8 Å². The van der Waals surface area contributed by atoms with Crippen molar-refractivity contribution < 1.29 is 17.3 Å². The number of nitrogens with one attached hydrogen (secondary N) is 2. The highest BCUT2D eigenvalue weighted by atomic mass is 32.2. The van der Waals surface area contributed by atoms with E-state index in [1.165, 1.54) is 6.07 Å². The zero-order chi connectivity index (χ0) is 15.3. The molecule has 7 heteroatoms. The van der Waals surface area contributed by atoms with Gasteiger partial charge in [-0.15, -0.1) is 0 Å². The fourth-order valence-corrected chi connectivity index (χ4v) is 3.13. The standard InChI is InChI=1S/C14H20N2O4S/c1-3-15-10-13-6-7-14(20-13)21(17,18)16-11(2)9-12-5-4-8-19-12/h4-8,11,15-16H,3,9-10H2,1-2H3. The Labute approximate surface area is 124 Å². The van der Waals surface area contributed by atoms with Crippen LogP contribution >= 0.6 is 0 Å². The molecule has 0 saturated carbocycles. The average Bonchev–Trinajstić information content (AvgIpc) is 3.06. The molecule has 0 fully saturated rings. The fraction of sp³-hybridized carbons (Fsp3) is 0.429. The monoisotopic (exact) mass is 312 g/mol. The Morgan fingerprint density at radius 2 is 2.05 bits per heavy atom. The maximum atomic E-state index is 12.2. The molecule has 0 aliphatic rings. The maximum Gasteiger partial charge on any atom is 0.274 e. The highest BCUT2D eigenvalue weighted by Crippen LogP contribution is 2.15. The smallest absolute Gasteiger partial charge is 0.274 e. The second-order valence-corrected chi connectivity index (χ2v) is 6.45. The molecule has 0 amide bonds. The minimum atomic E-state index is -3.65. The third-order valence-electron chi connectivity index (χ3n) is 2.89. The molecule has 0 spiro atoms.